The highest BCUT2D eigenvalue weighted by atomic mass is 16.5. The molecule has 2 saturated heterocycles. The maximum absolute atomic E-state index is 13.2. The Morgan fingerprint density at radius 1 is 1.07 bits per heavy atom. The van der Waals surface area contributed by atoms with Crippen LogP contribution in [0.5, 0.6) is 0 Å². The van der Waals surface area contributed by atoms with Crippen LogP contribution in [-0.4, -0.2) is 64.1 Å². The van der Waals surface area contributed by atoms with E-state index in [0.29, 0.717) is 13.2 Å². The number of amides is 1. The molecule has 0 saturated carbocycles. The summed E-state index contributed by atoms with van der Waals surface area (Å²) >= 11 is 0. The second-order valence-electron chi connectivity index (χ2n) is 7.60. The number of carbonyl (C=O) groups is 1. The van der Waals surface area contributed by atoms with Crippen LogP contribution < -0.4 is 11.2 Å². The number of aromatic amines is 1. The highest BCUT2D eigenvalue weighted by Gasteiger charge is 2.37. The van der Waals surface area contributed by atoms with Crippen LogP contribution in [0, 0.1) is 0 Å². The number of H-pyrrole nitrogens is 1. The number of likely N-dealkylation sites (tertiary alicyclic amines) is 1. The van der Waals surface area contributed by atoms with E-state index < -0.39 is 11.2 Å². The fraction of sp³-hybridized carbons (Fsp3) is 0.476. The molecular weight excluding hydrogens is 372 g/mol. The summed E-state index contributed by atoms with van der Waals surface area (Å²) < 4.78 is 7.36. The molecule has 3 heterocycles. The Hall–Kier alpha value is -2.71. The third-order valence-electron chi connectivity index (χ3n) is 5.65. The van der Waals surface area contributed by atoms with E-state index >= 15 is 0 Å². The van der Waals surface area contributed by atoms with Crippen LogP contribution in [0.4, 0.5) is 0 Å². The molecule has 1 aromatic heterocycles. The Balaban J connectivity index is 1.59. The molecular formula is C21H26N4O4. The maximum Gasteiger partial charge on any atom is 0.328 e. The van der Waals surface area contributed by atoms with Gasteiger partial charge in [-0.3, -0.25) is 19.1 Å². The molecule has 8 nitrogen and oxygen atoms in total. The summed E-state index contributed by atoms with van der Waals surface area (Å²) in [6.07, 6.45) is 3.63. The maximum atomic E-state index is 13.2. The Kier molecular flexibility index (Phi) is 5.92. The van der Waals surface area contributed by atoms with Gasteiger partial charge in [-0.1, -0.05) is 30.3 Å². The first-order valence-corrected chi connectivity index (χ1v) is 10.1. The molecule has 1 N–H and O–H groups in total. The summed E-state index contributed by atoms with van der Waals surface area (Å²) in [7, 11) is 0. The molecule has 2 aliphatic heterocycles. The van der Waals surface area contributed by atoms with Crippen LogP contribution in [-0.2, 0) is 16.1 Å². The predicted molar refractivity (Wildman–Crippen MR) is 108 cm³/mol. The minimum absolute atomic E-state index is 0.116. The average molecular weight is 398 g/mol. The quantitative estimate of drug-likeness (QED) is 0.797. The van der Waals surface area contributed by atoms with Crippen molar-refractivity contribution < 1.29 is 9.53 Å². The number of carbonyl (C=O) groups excluding carboxylic acids is 1. The number of aromatic nitrogens is 2. The van der Waals surface area contributed by atoms with Gasteiger partial charge in [-0.05, 0) is 31.5 Å². The zero-order valence-electron chi connectivity index (χ0n) is 16.3. The molecule has 0 aliphatic carbocycles. The number of nitrogens with one attached hydrogen (secondary N) is 1. The molecule has 154 valence electrons. The number of hydrogen-bond acceptors (Lipinski definition) is 5. The van der Waals surface area contributed by atoms with Gasteiger partial charge in [0, 0.05) is 25.4 Å². The van der Waals surface area contributed by atoms with Crippen molar-refractivity contribution in [3.05, 3.63) is 69.0 Å². The largest absolute Gasteiger partial charge is 0.373 e. The van der Waals surface area contributed by atoms with Crippen molar-refractivity contribution >= 4 is 5.91 Å². The Labute approximate surface area is 168 Å². The van der Waals surface area contributed by atoms with Crippen LogP contribution in [0.1, 0.15) is 24.4 Å². The molecule has 2 aliphatic rings. The zero-order chi connectivity index (χ0) is 20.2. The summed E-state index contributed by atoms with van der Waals surface area (Å²) in [5, 5.41) is 0. The molecule has 0 unspecified atom stereocenters. The summed E-state index contributed by atoms with van der Waals surface area (Å²) in [4.78, 5) is 42.9. The molecule has 2 aromatic rings. The van der Waals surface area contributed by atoms with Gasteiger partial charge in [0.2, 0.25) is 5.91 Å². The third-order valence-corrected chi connectivity index (χ3v) is 5.65. The van der Waals surface area contributed by atoms with E-state index in [0.717, 1.165) is 25.2 Å². The van der Waals surface area contributed by atoms with Crippen LogP contribution in [0.25, 0.3) is 0 Å². The number of hydrogen-bond donors (Lipinski definition) is 1. The van der Waals surface area contributed by atoms with E-state index in [9.17, 15) is 14.4 Å². The summed E-state index contributed by atoms with van der Waals surface area (Å²) in [5.41, 5.74) is -0.0274. The molecule has 0 radical (unpaired) electrons. The molecule has 1 amide bonds. The van der Waals surface area contributed by atoms with Crippen molar-refractivity contribution in [2.45, 2.75) is 31.5 Å². The second kappa shape index (κ2) is 8.75. The monoisotopic (exact) mass is 398 g/mol. The Morgan fingerprint density at radius 3 is 2.55 bits per heavy atom. The Bertz CT molecular complexity index is 949. The minimum Gasteiger partial charge on any atom is -0.373 e. The first-order valence-electron chi connectivity index (χ1n) is 10.1. The van der Waals surface area contributed by atoms with Crippen molar-refractivity contribution in [1.29, 1.82) is 0 Å². The second-order valence-corrected chi connectivity index (χ2v) is 7.60. The minimum atomic E-state index is -0.580. The van der Waals surface area contributed by atoms with Gasteiger partial charge < -0.3 is 14.5 Å². The van der Waals surface area contributed by atoms with E-state index in [1.54, 1.807) is 0 Å². The van der Waals surface area contributed by atoms with Gasteiger partial charge in [0.25, 0.3) is 5.56 Å². The van der Waals surface area contributed by atoms with Crippen molar-refractivity contribution in [1.82, 2.24) is 19.4 Å². The number of ether oxygens (including phenoxy) is 1. The molecule has 0 bridgehead atoms. The standard InChI is InChI=1S/C21H26N4O4/c26-18-8-11-24(21(28)22-18)15-19(27)25-12-13-29-17(14-23-9-4-5-10-23)20(25)16-6-2-1-3-7-16/h1-3,6-8,11,17,20H,4-5,9-10,12-15H2,(H,22,26,28)/t17-,20-/m0/s1. The van der Waals surface area contributed by atoms with Crippen molar-refractivity contribution in [3.8, 4) is 0 Å². The highest BCUT2D eigenvalue weighted by Crippen LogP contribution is 2.31. The fourth-order valence-electron chi connectivity index (χ4n) is 4.24. The Morgan fingerprint density at radius 2 is 1.83 bits per heavy atom. The lowest BCUT2D eigenvalue weighted by molar-refractivity contribution is -0.149. The first kappa shape index (κ1) is 19.6. The summed E-state index contributed by atoms with van der Waals surface area (Å²) in [5.74, 6) is -0.164. The smallest absolute Gasteiger partial charge is 0.328 e. The predicted octanol–water partition coefficient (Wildman–Crippen LogP) is 0.601. The molecule has 29 heavy (non-hydrogen) atoms. The number of morpholine rings is 1. The highest BCUT2D eigenvalue weighted by molar-refractivity contribution is 5.76. The van der Waals surface area contributed by atoms with E-state index in [-0.39, 0.29) is 24.6 Å². The molecule has 2 atom stereocenters. The van der Waals surface area contributed by atoms with Crippen LogP contribution in [0.3, 0.4) is 0 Å². The van der Waals surface area contributed by atoms with Gasteiger partial charge in [-0.15, -0.1) is 0 Å². The van der Waals surface area contributed by atoms with E-state index in [1.807, 2.05) is 35.2 Å². The number of rotatable bonds is 5. The van der Waals surface area contributed by atoms with Crippen molar-refractivity contribution in [3.63, 3.8) is 0 Å². The van der Waals surface area contributed by atoms with E-state index in [2.05, 4.69) is 9.88 Å². The molecule has 0 spiro atoms. The first-order chi connectivity index (χ1) is 14.1. The summed E-state index contributed by atoms with van der Waals surface area (Å²) in [6, 6.07) is 11.0. The number of nitrogens with zero attached hydrogens (tertiary/aromatic N) is 3. The van der Waals surface area contributed by atoms with Gasteiger partial charge in [0.1, 0.15) is 6.54 Å². The lowest BCUT2D eigenvalue weighted by atomic mass is 9.97. The zero-order valence-corrected chi connectivity index (χ0v) is 16.3. The van der Waals surface area contributed by atoms with Crippen LogP contribution in [0.2, 0.25) is 0 Å². The number of benzene rings is 1. The SMILES string of the molecule is O=C(Cn1ccc(=O)[nH]c1=O)N1CCO[C@@H](CN2CCCC2)[C@@H]1c1ccccc1. The molecule has 4 rings (SSSR count). The molecule has 2 fully saturated rings. The average Bonchev–Trinajstić information content (AvgIpc) is 3.23. The van der Waals surface area contributed by atoms with Gasteiger partial charge in [-0.25, -0.2) is 4.79 Å². The lowest BCUT2D eigenvalue weighted by Crippen LogP contribution is -2.52. The lowest BCUT2D eigenvalue weighted by Gasteiger charge is -2.42. The van der Waals surface area contributed by atoms with Crippen molar-refractivity contribution in [2.24, 2.45) is 0 Å². The fourth-order valence-corrected chi connectivity index (χ4v) is 4.24. The van der Waals surface area contributed by atoms with E-state index in [1.165, 1.54) is 29.7 Å². The van der Waals surface area contributed by atoms with E-state index in [4.69, 9.17) is 4.74 Å². The third kappa shape index (κ3) is 4.49. The van der Waals surface area contributed by atoms with Gasteiger partial charge >= 0.3 is 5.69 Å². The summed E-state index contributed by atoms with van der Waals surface area (Å²) in [6.45, 7) is 3.71. The topological polar surface area (TPSA) is 87.6 Å². The normalized spacial score (nSPS) is 22.7. The van der Waals surface area contributed by atoms with Crippen LogP contribution in [0.15, 0.2) is 52.2 Å². The van der Waals surface area contributed by atoms with Crippen molar-refractivity contribution in [2.75, 3.05) is 32.8 Å². The van der Waals surface area contributed by atoms with Gasteiger partial charge in [0.15, 0.2) is 0 Å². The van der Waals surface area contributed by atoms with Gasteiger partial charge in [-0.2, -0.15) is 0 Å². The molecule has 8 heteroatoms. The molecule has 1 aromatic carbocycles. The van der Waals surface area contributed by atoms with Gasteiger partial charge in [0.05, 0.1) is 18.8 Å². The van der Waals surface area contributed by atoms with Crippen LogP contribution >= 0.6 is 0 Å².